The normalized spacial score (nSPS) is 11.6. The highest BCUT2D eigenvalue weighted by molar-refractivity contribution is 5.02. The van der Waals surface area contributed by atoms with Gasteiger partial charge in [-0.15, -0.1) is 6.42 Å². The molecule has 0 saturated carbocycles. The second-order valence-corrected chi connectivity index (χ2v) is 3.36. The smallest absolute Gasteiger partial charge is 0.122 e. The average Bonchev–Trinajstić information content (AvgIpc) is 1.85. The summed E-state index contributed by atoms with van der Waals surface area (Å²) in [4.78, 5) is 0. The van der Waals surface area contributed by atoms with E-state index >= 15 is 0 Å². The zero-order valence-corrected chi connectivity index (χ0v) is 7.27. The summed E-state index contributed by atoms with van der Waals surface area (Å²) in [7, 11) is 0. The lowest BCUT2D eigenvalue weighted by Crippen LogP contribution is -2.23. The quantitative estimate of drug-likeness (QED) is 0.545. The van der Waals surface area contributed by atoms with Crippen LogP contribution in [-0.2, 0) is 4.74 Å². The second-order valence-electron chi connectivity index (χ2n) is 3.36. The van der Waals surface area contributed by atoms with Crippen LogP contribution in [0.2, 0.25) is 0 Å². The zero-order valence-electron chi connectivity index (χ0n) is 7.27. The molecule has 0 spiro atoms. The number of hydrogen-bond acceptors (Lipinski definition) is 1. The van der Waals surface area contributed by atoms with E-state index in [1.165, 1.54) is 0 Å². The van der Waals surface area contributed by atoms with Gasteiger partial charge in [0.15, 0.2) is 0 Å². The molecule has 58 valence electrons. The van der Waals surface area contributed by atoms with E-state index < -0.39 is 5.60 Å². The van der Waals surface area contributed by atoms with Crippen LogP contribution in [0.5, 0.6) is 0 Å². The van der Waals surface area contributed by atoms with E-state index in [0.29, 0.717) is 5.92 Å². The molecule has 0 saturated heterocycles. The van der Waals surface area contributed by atoms with Gasteiger partial charge in [0.2, 0.25) is 0 Å². The van der Waals surface area contributed by atoms with Crippen LogP contribution >= 0.6 is 0 Å². The fourth-order valence-corrected chi connectivity index (χ4v) is 0.417. The number of hydrogen-bond donors (Lipinski definition) is 0. The van der Waals surface area contributed by atoms with Crippen LogP contribution in [0.1, 0.15) is 27.7 Å². The van der Waals surface area contributed by atoms with Crippen molar-refractivity contribution in [3.63, 3.8) is 0 Å². The van der Waals surface area contributed by atoms with Crippen molar-refractivity contribution >= 4 is 0 Å². The molecule has 0 fully saturated rings. The lowest BCUT2D eigenvalue weighted by atomic mass is 10.1. The molecule has 0 amide bonds. The molecule has 0 atom stereocenters. The lowest BCUT2D eigenvalue weighted by Gasteiger charge is -2.19. The molecular formula is C9H16O. The molecule has 0 rings (SSSR count). The van der Waals surface area contributed by atoms with Gasteiger partial charge in [0.25, 0.3) is 0 Å². The first-order valence-electron chi connectivity index (χ1n) is 3.59. The average molecular weight is 140 g/mol. The Bertz CT molecular complexity index is 128. The van der Waals surface area contributed by atoms with E-state index in [9.17, 15) is 0 Å². The van der Waals surface area contributed by atoms with Crippen LogP contribution in [0, 0.1) is 18.3 Å². The molecule has 0 aliphatic carbocycles. The van der Waals surface area contributed by atoms with Crippen molar-refractivity contribution in [2.75, 3.05) is 6.61 Å². The Labute approximate surface area is 63.8 Å². The number of terminal acetylenes is 1. The summed E-state index contributed by atoms with van der Waals surface area (Å²) in [5.41, 5.74) is -0.399. The van der Waals surface area contributed by atoms with Gasteiger partial charge in [0, 0.05) is 0 Å². The topological polar surface area (TPSA) is 9.23 Å². The van der Waals surface area contributed by atoms with Gasteiger partial charge < -0.3 is 4.74 Å². The molecule has 0 aromatic heterocycles. The Hall–Kier alpha value is -0.480. The van der Waals surface area contributed by atoms with Gasteiger partial charge >= 0.3 is 0 Å². The van der Waals surface area contributed by atoms with Crippen LogP contribution in [0.15, 0.2) is 0 Å². The van der Waals surface area contributed by atoms with E-state index in [1.807, 2.05) is 13.8 Å². The largest absolute Gasteiger partial charge is 0.363 e. The summed E-state index contributed by atoms with van der Waals surface area (Å²) in [6.07, 6.45) is 5.22. The summed E-state index contributed by atoms with van der Waals surface area (Å²) in [6, 6.07) is 0. The summed E-state index contributed by atoms with van der Waals surface area (Å²) < 4.78 is 5.40. The molecule has 0 bridgehead atoms. The Balaban J connectivity index is 3.60. The van der Waals surface area contributed by atoms with Gasteiger partial charge in [-0.2, -0.15) is 0 Å². The molecule has 0 aliphatic heterocycles. The Morgan fingerprint density at radius 1 is 1.50 bits per heavy atom. The minimum Gasteiger partial charge on any atom is -0.363 e. The van der Waals surface area contributed by atoms with Crippen molar-refractivity contribution in [2.45, 2.75) is 33.3 Å². The van der Waals surface area contributed by atoms with Crippen molar-refractivity contribution in [3.8, 4) is 12.3 Å². The maximum atomic E-state index is 5.40. The molecule has 0 aromatic carbocycles. The first kappa shape index (κ1) is 9.52. The van der Waals surface area contributed by atoms with Crippen molar-refractivity contribution in [3.05, 3.63) is 0 Å². The highest BCUT2D eigenvalue weighted by atomic mass is 16.5. The van der Waals surface area contributed by atoms with Crippen molar-refractivity contribution in [1.82, 2.24) is 0 Å². The number of ether oxygens (including phenoxy) is 1. The third kappa shape index (κ3) is 4.40. The third-order valence-corrected chi connectivity index (χ3v) is 1.13. The summed E-state index contributed by atoms with van der Waals surface area (Å²) >= 11 is 0. The first-order valence-corrected chi connectivity index (χ1v) is 3.59. The maximum Gasteiger partial charge on any atom is 0.122 e. The molecule has 0 aromatic rings. The summed E-state index contributed by atoms with van der Waals surface area (Å²) in [5, 5.41) is 0. The van der Waals surface area contributed by atoms with E-state index in [4.69, 9.17) is 11.2 Å². The molecule has 0 aliphatic rings. The molecule has 0 radical (unpaired) electrons. The highest BCUT2D eigenvalue weighted by Crippen LogP contribution is 2.08. The maximum absolute atomic E-state index is 5.40. The van der Waals surface area contributed by atoms with Crippen LogP contribution < -0.4 is 0 Å². The van der Waals surface area contributed by atoms with Crippen molar-refractivity contribution in [1.29, 1.82) is 0 Å². The summed E-state index contributed by atoms with van der Waals surface area (Å²) in [5.74, 6) is 3.12. The van der Waals surface area contributed by atoms with Gasteiger partial charge in [0.1, 0.15) is 5.60 Å². The highest BCUT2D eigenvalue weighted by Gasteiger charge is 2.13. The zero-order chi connectivity index (χ0) is 8.20. The van der Waals surface area contributed by atoms with Gasteiger partial charge in [-0.25, -0.2) is 0 Å². The predicted molar refractivity (Wildman–Crippen MR) is 43.7 cm³/mol. The molecule has 0 N–H and O–H groups in total. The van der Waals surface area contributed by atoms with Crippen LogP contribution in [0.4, 0.5) is 0 Å². The van der Waals surface area contributed by atoms with Crippen LogP contribution in [0.25, 0.3) is 0 Å². The molecule has 10 heavy (non-hydrogen) atoms. The van der Waals surface area contributed by atoms with Crippen molar-refractivity contribution < 1.29 is 4.74 Å². The monoisotopic (exact) mass is 140 g/mol. The minimum absolute atomic E-state index is 0.399. The fourth-order valence-electron chi connectivity index (χ4n) is 0.417. The lowest BCUT2D eigenvalue weighted by molar-refractivity contribution is 0.0112. The van der Waals surface area contributed by atoms with Crippen molar-refractivity contribution in [2.24, 2.45) is 5.92 Å². The summed E-state index contributed by atoms with van der Waals surface area (Å²) in [6.45, 7) is 8.74. The Morgan fingerprint density at radius 2 is 2.00 bits per heavy atom. The van der Waals surface area contributed by atoms with Gasteiger partial charge in [-0.1, -0.05) is 19.8 Å². The first-order chi connectivity index (χ1) is 4.48. The SMILES string of the molecule is C#CC(C)(C)OCC(C)C. The molecule has 1 nitrogen and oxygen atoms in total. The third-order valence-electron chi connectivity index (χ3n) is 1.13. The molecule has 0 heterocycles. The van der Waals surface area contributed by atoms with E-state index in [0.717, 1.165) is 6.61 Å². The van der Waals surface area contributed by atoms with E-state index in [2.05, 4.69) is 19.8 Å². The minimum atomic E-state index is -0.399. The van der Waals surface area contributed by atoms with E-state index in [1.54, 1.807) is 0 Å². The van der Waals surface area contributed by atoms with Gasteiger partial charge in [-0.3, -0.25) is 0 Å². The molecular weight excluding hydrogens is 124 g/mol. The second kappa shape index (κ2) is 3.63. The Morgan fingerprint density at radius 3 is 2.30 bits per heavy atom. The molecule has 0 unspecified atom stereocenters. The van der Waals surface area contributed by atoms with Crippen LogP contribution in [-0.4, -0.2) is 12.2 Å². The Kier molecular flexibility index (Phi) is 3.46. The fraction of sp³-hybridized carbons (Fsp3) is 0.778. The van der Waals surface area contributed by atoms with Crippen LogP contribution in [0.3, 0.4) is 0 Å². The predicted octanol–water partition coefficient (Wildman–Crippen LogP) is 2.07. The molecule has 1 heteroatoms. The van der Waals surface area contributed by atoms with E-state index in [-0.39, 0.29) is 0 Å². The number of rotatable bonds is 3. The standard InChI is InChI=1S/C9H16O/c1-6-9(4,5)10-7-8(2)3/h1,8H,7H2,2-5H3. The van der Waals surface area contributed by atoms with Gasteiger partial charge in [0.05, 0.1) is 6.61 Å². The van der Waals surface area contributed by atoms with Gasteiger partial charge in [-0.05, 0) is 19.8 Å².